The molecule has 1 aromatic rings. The molecular weight excluding hydrogens is 252 g/mol. The summed E-state index contributed by atoms with van der Waals surface area (Å²) in [5.74, 6) is -0.880. The van der Waals surface area contributed by atoms with E-state index in [1.165, 1.54) is 6.20 Å². The number of aliphatic hydroxyl groups is 2. The minimum Gasteiger partial charge on any atom is -0.467 e. The second-order valence-corrected chi connectivity index (χ2v) is 4.49. The molecule has 0 saturated carbocycles. The fourth-order valence-electron chi connectivity index (χ4n) is 2.03. The van der Waals surface area contributed by atoms with Crippen molar-refractivity contribution in [1.29, 1.82) is 0 Å². The zero-order valence-corrected chi connectivity index (χ0v) is 10.7. The van der Waals surface area contributed by atoms with Gasteiger partial charge in [0.2, 0.25) is 0 Å². The van der Waals surface area contributed by atoms with Crippen molar-refractivity contribution in [1.82, 2.24) is 9.78 Å². The lowest BCUT2D eigenvalue weighted by Crippen LogP contribution is -2.28. The monoisotopic (exact) mass is 270 g/mol. The van der Waals surface area contributed by atoms with Gasteiger partial charge in [0.25, 0.3) is 0 Å². The van der Waals surface area contributed by atoms with Gasteiger partial charge in [0.1, 0.15) is 12.3 Å². The SMILES string of the molecule is COC(=O)C(O)C(O)c1cnn([C@@H]2CCCCO2)c1. The van der Waals surface area contributed by atoms with Gasteiger partial charge in [-0.05, 0) is 19.3 Å². The number of esters is 1. The second kappa shape index (κ2) is 6.14. The number of hydrogen-bond donors (Lipinski definition) is 2. The highest BCUT2D eigenvalue weighted by Crippen LogP contribution is 2.24. The number of ether oxygens (including phenoxy) is 2. The number of carbonyl (C=O) groups excluding carboxylic acids is 1. The summed E-state index contributed by atoms with van der Waals surface area (Å²) in [7, 11) is 1.15. The number of aliphatic hydroxyl groups excluding tert-OH is 2. The van der Waals surface area contributed by atoms with Crippen LogP contribution in [0.5, 0.6) is 0 Å². The third-order valence-electron chi connectivity index (χ3n) is 3.16. The number of carbonyl (C=O) groups is 1. The highest BCUT2D eigenvalue weighted by Gasteiger charge is 2.28. The molecule has 7 heteroatoms. The maximum absolute atomic E-state index is 11.2. The fraction of sp³-hybridized carbons (Fsp3) is 0.667. The molecule has 1 aliphatic rings. The van der Waals surface area contributed by atoms with E-state index in [2.05, 4.69) is 9.84 Å². The summed E-state index contributed by atoms with van der Waals surface area (Å²) < 4.78 is 11.5. The molecule has 1 aliphatic heterocycles. The predicted molar refractivity (Wildman–Crippen MR) is 64.0 cm³/mol. The standard InChI is InChI=1S/C12H18N2O5/c1-18-12(17)11(16)10(15)8-6-13-14(7-8)9-4-2-3-5-19-9/h6-7,9-11,15-16H,2-5H2,1H3/t9-,10?,11?/m0/s1. The van der Waals surface area contributed by atoms with Gasteiger partial charge in [-0.1, -0.05) is 0 Å². The molecule has 2 rings (SSSR count). The lowest BCUT2D eigenvalue weighted by molar-refractivity contribution is -0.156. The van der Waals surface area contributed by atoms with Crippen LogP contribution in [-0.4, -0.2) is 45.8 Å². The Morgan fingerprint density at radius 3 is 3.00 bits per heavy atom. The molecule has 0 bridgehead atoms. The van der Waals surface area contributed by atoms with Crippen molar-refractivity contribution in [3.63, 3.8) is 0 Å². The van der Waals surface area contributed by atoms with Crippen LogP contribution in [0.1, 0.15) is 37.2 Å². The van der Waals surface area contributed by atoms with Gasteiger partial charge in [-0.15, -0.1) is 0 Å². The topological polar surface area (TPSA) is 93.8 Å². The van der Waals surface area contributed by atoms with E-state index in [1.54, 1.807) is 10.9 Å². The Labute approximate surface area is 110 Å². The van der Waals surface area contributed by atoms with E-state index in [0.29, 0.717) is 12.2 Å². The van der Waals surface area contributed by atoms with Gasteiger partial charge in [-0.3, -0.25) is 0 Å². The summed E-state index contributed by atoms with van der Waals surface area (Å²) in [5, 5.41) is 23.5. The highest BCUT2D eigenvalue weighted by molar-refractivity contribution is 5.75. The Morgan fingerprint density at radius 1 is 1.58 bits per heavy atom. The van der Waals surface area contributed by atoms with Gasteiger partial charge in [-0.2, -0.15) is 5.10 Å². The minimum absolute atomic E-state index is 0.148. The summed E-state index contributed by atoms with van der Waals surface area (Å²) in [4.78, 5) is 11.2. The molecule has 0 radical (unpaired) electrons. The predicted octanol–water partition coefficient (Wildman–Crippen LogP) is 0.149. The van der Waals surface area contributed by atoms with E-state index in [1.807, 2.05) is 0 Å². The Bertz CT molecular complexity index is 428. The quantitative estimate of drug-likeness (QED) is 0.756. The third-order valence-corrected chi connectivity index (χ3v) is 3.16. The van der Waals surface area contributed by atoms with E-state index in [-0.39, 0.29) is 6.23 Å². The number of rotatable bonds is 4. The first-order chi connectivity index (χ1) is 9.13. The summed E-state index contributed by atoms with van der Waals surface area (Å²) in [5.41, 5.74) is 0.354. The van der Waals surface area contributed by atoms with E-state index in [9.17, 15) is 15.0 Å². The van der Waals surface area contributed by atoms with Gasteiger partial charge in [0, 0.05) is 18.4 Å². The molecule has 0 spiro atoms. The molecule has 2 unspecified atom stereocenters. The van der Waals surface area contributed by atoms with Crippen molar-refractivity contribution in [3.05, 3.63) is 18.0 Å². The van der Waals surface area contributed by atoms with Crippen LogP contribution in [0.2, 0.25) is 0 Å². The summed E-state index contributed by atoms with van der Waals surface area (Å²) in [6, 6.07) is 0. The van der Waals surface area contributed by atoms with Gasteiger partial charge in [0.05, 0.1) is 13.3 Å². The average Bonchev–Trinajstić information content (AvgIpc) is 2.95. The molecule has 106 valence electrons. The third kappa shape index (κ3) is 3.12. The molecule has 2 N–H and O–H groups in total. The van der Waals surface area contributed by atoms with Crippen LogP contribution in [0.3, 0.4) is 0 Å². The zero-order valence-electron chi connectivity index (χ0n) is 10.7. The van der Waals surface area contributed by atoms with E-state index >= 15 is 0 Å². The van der Waals surface area contributed by atoms with Crippen LogP contribution < -0.4 is 0 Å². The number of aromatic nitrogens is 2. The maximum Gasteiger partial charge on any atom is 0.337 e. The van der Waals surface area contributed by atoms with Gasteiger partial charge in [-0.25, -0.2) is 9.48 Å². The van der Waals surface area contributed by atoms with Crippen LogP contribution >= 0.6 is 0 Å². The van der Waals surface area contributed by atoms with Crippen LogP contribution in [0, 0.1) is 0 Å². The largest absolute Gasteiger partial charge is 0.467 e. The lowest BCUT2D eigenvalue weighted by atomic mass is 10.1. The van der Waals surface area contributed by atoms with Crippen LogP contribution in [0.25, 0.3) is 0 Å². The molecule has 1 fully saturated rings. The van der Waals surface area contributed by atoms with Crippen LogP contribution in [0.4, 0.5) is 0 Å². The average molecular weight is 270 g/mol. The Kier molecular flexibility index (Phi) is 4.52. The maximum atomic E-state index is 11.2. The Hall–Kier alpha value is -1.44. The molecule has 0 aromatic carbocycles. The molecule has 1 saturated heterocycles. The molecular formula is C12H18N2O5. The van der Waals surface area contributed by atoms with Crippen molar-refractivity contribution in [2.75, 3.05) is 13.7 Å². The van der Waals surface area contributed by atoms with Crippen molar-refractivity contribution >= 4 is 5.97 Å². The van der Waals surface area contributed by atoms with Crippen molar-refractivity contribution in [3.8, 4) is 0 Å². The van der Waals surface area contributed by atoms with E-state index < -0.39 is 18.2 Å². The molecule has 1 aromatic heterocycles. The first kappa shape index (κ1) is 14.0. The number of nitrogens with zero attached hydrogens (tertiary/aromatic N) is 2. The van der Waals surface area contributed by atoms with Gasteiger partial charge in [0.15, 0.2) is 6.10 Å². The minimum atomic E-state index is -1.62. The number of hydrogen-bond acceptors (Lipinski definition) is 6. The van der Waals surface area contributed by atoms with E-state index in [0.717, 1.165) is 26.4 Å². The van der Waals surface area contributed by atoms with Crippen LogP contribution in [-0.2, 0) is 14.3 Å². The van der Waals surface area contributed by atoms with Crippen LogP contribution in [0.15, 0.2) is 12.4 Å². The molecule has 19 heavy (non-hydrogen) atoms. The number of methoxy groups -OCH3 is 1. The smallest absolute Gasteiger partial charge is 0.337 e. The summed E-state index contributed by atoms with van der Waals surface area (Å²) in [6.07, 6.45) is 2.82. The second-order valence-electron chi connectivity index (χ2n) is 4.49. The molecule has 2 heterocycles. The molecule has 7 nitrogen and oxygen atoms in total. The Morgan fingerprint density at radius 2 is 2.37 bits per heavy atom. The summed E-state index contributed by atoms with van der Waals surface area (Å²) >= 11 is 0. The van der Waals surface area contributed by atoms with Gasteiger partial charge >= 0.3 is 5.97 Å². The first-order valence-corrected chi connectivity index (χ1v) is 6.23. The molecule has 3 atom stereocenters. The van der Waals surface area contributed by atoms with Crippen molar-refractivity contribution in [2.24, 2.45) is 0 Å². The highest BCUT2D eigenvalue weighted by atomic mass is 16.5. The normalized spacial score (nSPS) is 22.8. The van der Waals surface area contributed by atoms with Crippen molar-refractivity contribution < 1.29 is 24.5 Å². The lowest BCUT2D eigenvalue weighted by Gasteiger charge is -2.22. The Balaban J connectivity index is 2.05. The molecule has 0 amide bonds. The molecule has 0 aliphatic carbocycles. The van der Waals surface area contributed by atoms with E-state index in [4.69, 9.17) is 4.74 Å². The van der Waals surface area contributed by atoms with Crippen molar-refractivity contribution in [2.45, 2.75) is 37.7 Å². The fourth-order valence-corrected chi connectivity index (χ4v) is 2.03. The first-order valence-electron chi connectivity index (χ1n) is 6.23. The zero-order chi connectivity index (χ0) is 13.8. The summed E-state index contributed by atoms with van der Waals surface area (Å²) in [6.45, 7) is 0.688. The van der Waals surface area contributed by atoms with Gasteiger partial charge < -0.3 is 19.7 Å².